The van der Waals surface area contributed by atoms with Crippen molar-refractivity contribution >= 4 is 23.4 Å². The number of aryl methyl sites for hydroxylation is 1. The number of ether oxygens (including phenoxy) is 1. The van der Waals surface area contributed by atoms with Crippen LogP contribution in [0, 0.1) is 12.7 Å². The van der Waals surface area contributed by atoms with Gasteiger partial charge < -0.3 is 20.3 Å². The smallest absolute Gasteiger partial charge is 0.322 e. The molecule has 1 heterocycles. The van der Waals surface area contributed by atoms with Crippen molar-refractivity contribution in [1.82, 2.24) is 14.7 Å². The second-order valence-corrected chi connectivity index (χ2v) is 8.70. The minimum absolute atomic E-state index is 0.198. The summed E-state index contributed by atoms with van der Waals surface area (Å²) in [4.78, 5) is 27.6. The van der Waals surface area contributed by atoms with Gasteiger partial charge in [-0.15, -0.1) is 0 Å². The van der Waals surface area contributed by atoms with Crippen molar-refractivity contribution in [3.8, 4) is 22.6 Å². The lowest BCUT2D eigenvalue weighted by molar-refractivity contribution is -0.116. The molecule has 0 saturated heterocycles. The Hall–Kier alpha value is -4.66. The summed E-state index contributed by atoms with van der Waals surface area (Å²) in [5, 5.41) is 10.4. The first-order valence-electron chi connectivity index (χ1n) is 12.3. The second kappa shape index (κ2) is 12.1. The number of nitrogens with zero attached hydrogens (tertiary/aromatic N) is 3. The Balaban J connectivity index is 1.62. The van der Waals surface area contributed by atoms with Crippen LogP contribution >= 0.6 is 0 Å². The van der Waals surface area contributed by atoms with Gasteiger partial charge in [0.15, 0.2) is 0 Å². The molecule has 8 nitrogen and oxygen atoms in total. The number of hydrogen-bond donors (Lipinski definition) is 2. The fraction of sp³-hybridized carbons (Fsp3) is 0.207. The zero-order valence-electron chi connectivity index (χ0n) is 21.6. The third-order valence-corrected chi connectivity index (χ3v) is 5.89. The van der Waals surface area contributed by atoms with Crippen molar-refractivity contribution in [2.75, 3.05) is 30.8 Å². The standard InChI is InChI=1S/C29H30FN5O3/c1-4-17-34(29(37)31-23-12-8-11-22(30)18-23)19-26(36)32-28-27(21-9-6-5-7-10-21)20(2)33-35(28)24-13-15-25(38-3)16-14-24/h5-16,18H,4,17,19H2,1-3H3,(H,31,37)(H,32,36). The number of carbonyl (C=O) groups excluding carboxylic acids is 2. The van der Waals surface area contributed by atoms with Gasteiger partial charge in [-0.3, -0.25) is 4.79 Å². The number of benzene rings is 3. The molecule has 4 aromatic rings. The third kappa shape index (κ3) is 6.18. The average molecular weight is 516 g/mol. The van der Waals surface area contributed by atoms with Gasteiger partial charge in [0.25, 0.3) is 0 Å². The van der Waals surface area contributed by atoms with Crippen molar-refractivity contribution in [3.63, 3.8) is 0 Å². The highest BCUT2D eigenvalue weighted by molar-refractivity contribution is 5.99. The molecule has 0 aliphatic heterocycles. The van der Waals surface area contributed by atoms with E-state index in [1.807, 2.05) is 68.4 Å². The summed E-state index contributed by atoms with van der Waals surface area (Å²) < 4.78 is 20.5. The molecule has 4 rings (SSSR count). The Morgan fingerprint density at radius 3 is 2.39 bits per heavy atom. The molecule has 0 fully saturated rings. The van der Waals surface area contributed by atoms with Crippen LogP contribution in [-0.4, -0.2) is 46.8 Å². The molecular weight excluding hydrogens is 485 g/mol. The Bertz CT molecular complexity index is 1400. The molecule has 3 aromatic carbocycles. The van der Waals surface area contributed by atoms with Gasteiger partial charge in [-0.1, -0.05) is 43.3 Å². The van der Waals surface area contributed by atoms with E-state index >= 15 is 0 Å². The zero-order valence-corrected chi connectivity index (χ0v) is 21.6. The van der Waals surface area contributed by atoms with E-state index in [-0.39, 0.29) is 12.5 Å². The number of aromatic nitrogens is 2. The predicted molar refractivity (Wildman–Crippen MR) is 146 cm³/mol. The lowest BCUT2D eigenvalue weighted by Gasteiger charge is -2.22. The Labute approximate surface area is 221 Å². The van der Waals surface area contributed by atoms with E-state index in [9.17, 15) is 14.0 Å². The number of anilines is 2. The third-order valence-electron chi connectivity index (χ3n) is 5.89. The highest BCUT2D eigenvalue weighted by atomic mass is 19.1. The van der Waals surface area contributed by atoms with E-state index < -0.39 is 11.8 Å². The molecule has 1 aromatic heterocycles. The number of rotatable bonds is 9. The number of halogens is 1. The van der Waals surface area contributed by atoms with Crippen LogP contribution in [0.5, 0.6) is 5.75 Å². The highest BCUT2D eigenvalue weighted by Gasteiger charge is 2.23. The van der Waals surface area contributed by atoms with E-state index in [0.717, 1.165) is 22.5 Å². The van der Waals surface area contributed by atoms with Gasteiger partial charge in [0.05, 0.1) is 18.5 Å². The molecule has 0 aliphatic rings. The first kappa shape index (κ1) is 26.4. The minimum Gasteiger partial charge on any atom is -0.497 e. The van der Waals surface area contributed by atoms with Crippen molar-refractivity contribution < 1.29 is 18.7 Å². The number of urea groups is 1. The van der Waals surface area contributed by atoms with Crippen LogP contribution in [0.2, 0.25) is 0 Å². The molecular formula is C29H30FN5O3. The number of methoxy groups -OCH3 is 1. The molecule has 0 unspecified atom stereocenters. The van der Waals surface area contributed by atoms with Crippen LogP contribution in [-0.2, 0) is 4.79 Å². The fourth-order valence-corrected chi connectivity index (χ4v) is 4.14. The van der Waals surface area contributed by atoms with Gasteiger partial charge in [0, 0.05) is 17.8 Å². The summed E-state index contributed by atoms with van der Waals surface area (Å²) >= 11 is 0. The normalized spacial score (nSPS) is 10.6. The molecule has 3 amide bonds. The topological polar surface area (TPSA) is 88.5 Å². The predicted octanol–water partition coefficient (Wildman–Crippen LogP) is 5.88. The SMILES string of the molecule is CCCN(CC(=O)Nc1c(-c2ccccc2)c(C)nn1-c1ccc(OC)cc1)C(=O)Nc1cccc(F)c1. The van der Waals surface area contributed by atoms with E-state index in [1.54, 1.807) is 17.9 Å². The van der Waals surface area contributed by atoms with Crippen LogP contribution in [0.25, 0.3) is 16.8 Å². The molecule has 0 saturated carbocycles. The summed E-state index contributed by atoms with van der Waals surface area (Å²) in [7, 11) is 1.60. The van der Waals surface area contributed by atoms with Crippen LogP contribution in [0.15, 0.2) is 78.9 Å². The lowest BCUT2D eigenvalue weighted by Crippen LogP contribution is -2.41. The second-order valence-electron chi connectivity index (χ2n) is 8.70. The quantitative estimate of drug-likeness (QED) is 0.291. The first-order chi connectivity index (χ1) is 18.4. The van der Waals surface area contributed by atoms with Crippen LogP contribution < -0.4 is 15.4 Å². The minimum atomic E-state index is -0.490. The van der Waals surface area contributed by atoms with Gasteiger partial charge in [-0.05, 0) is 61.4 Å². The molecule has 0 radical (unpaired) electrons. The van der Waals surface area contributed by atoms with E-state index in [0.29, 0.717) is 30.2 Å². The van der Waals surface area contributed by atoms with Crippen molar-refractivity contribution in [2.24, 2.45) is 0 Å². The van der Waals surface area contributed by atoms with Gasteiger partial charge in [-0.25, -0.2) is 13.9 Å². The maximum Gasteiger partial charge on any atom is 0.322 e. The number of nitrogens with one attached hydrogen (secondary N) is 2. The molecule has 0 spiro atoms. The number of amides is 3. The van der Waals surface area contributed by atoms with E-state index in [1.165, 1.54) is 23.1 Å². The summed E-state index contributed by atoms with van der Waals surface area (Å²) in [6, 6.07) is 22.1. The maximum atomic E-state index is 13.6. The maximum absolute atomic E-state index is 13.6. The van der Waals surface area contributed by atoms with Crippen LogP contribution in [0.1, 0.15) is 19.0 Å². The molecule has 0 aliphatic carbocycles. The van der Waals surface area contributed by atoms with Gasteiger partial charge in [0.2, 0.25) is 5.91 Å². The van der Waals surface area contributed by atoms with Crippen molar-refractivity contribution in [1.29, 1.82) is 0 Å². The van der Waals surface area contributed by atoms with Crippen molar-refractivity contribution in [2.45, 2.75) is 20.3 Å². The Morgan fingerprint density at radius 1 is 1.00 bits per heavy atom. The first-order valence-corrected chi connectivity index (χ1v) is 12.3. The molecule has 38 heavy (non-hydrogen) atoms. The largest absolute Gasteiger partial charge is 0.497 e. The van der Waals surface area contributed by atoms with Gasteiger partial charge in [-0.2, -0.15) is 5.10 Å². The van der Waals surface area contributed by atoms with Crippen molar-refractivity contribution in [3.05, 3.63) is 90.4 Å². The molecule has 0 atom stereocenters. The van der Waals surface area contributed by atoms with E-state index in [4.69, 9.17) is 9.84 Å². The molecule has 2 N–H and O–H groups in total. The van der Waals surface area contributed by atoms with Gasteiger partial charge in [0.1, 0.15) is 23.9 Å². The monoisotopic (exact) mass is 515 g/mol. The van der Waals surface area contributed by atoms with E-state index in [2.05, 4.69) is 10.6 Å². The highest BCUT2D eigenvalue weighted by Crippen LogP contribution is 2.33. The zero-order chi connectivity index (χ0) is 27.1. The fourth-order valence-electron chi connectivity index (χ4n) is 4.14. The lowest BCUT2D eigenvalue weighted by atomic mass is 10.1. The van der Waals surface area contributed by atoms with Gasteiger partial charge >= 0.3 is 6.03 Å². The average Bonchev–Trinajstić information content (AvgIpc) is 3.24. The number of hydrogen-bond acceptors (Lipinski definition) is 4. The van der Waals surface area contributed by atoms with Crippen LogP contribution in [0.4, 0.5) is 20.7 Å². The number of carbonyl (C=O) groups is 2. The summed E-state index contributed by atoms with van der Waals surface area (Å²) in [5.74, 6) is 0.342. The Morgan fingerprint density at radius 2 is 1.74 bits per heavy atom. The summed E-state index contributed by atoms with van der Waals surface area (Å²) in [6.07, 6.45) is 0.641. The molecule has 0 bridgehead atoms. The summed E-state index contributed by atoms with van der Waals surface area (Å²) in [6.45, 7) is 3.94. The molecule has 196 valence electrons. The van der Waals surface area contributed by atoms with Crippen LogP contribution in [0.3, 0.4) is 0 Å². The molecule has 9 heteroatoms. The summed E-state index contributed by atoms with van der Waals surface area (Å²) in [5.41, 5.74) is 3.46. The Kier molecular flexibility index (Phi) is 8.37.